The molecule has 0 unspecified atom stereocenters. The first-order valence-electron chi connectivity index (χ1n) is 5.89. The number of sulfonamides is 1. The van der Waals surface area contributed by atoms with Gasteiger partial charge < -0.3 is 5.73 Å². The van der Waals surface area contributed by atoms with E-state index in [0.29, 0.717) is 20.8 Å². The molecular weight excluding hydrogens is 374 g/mol. The lowest BCUT2D eigenvalue weighted by Gasteiger charge is -2.06. The fourth-order valence-electron chi connectivity index (χ4n) is 1.82. The smallest absolute Gasteiger partial charge is 0.264 e. The predicted molar refractivity (Wildman–Crippen MR) is 89.0 cm³/mol. The van der Waals surface area contributed by atoms with Gasteiger partial charge in [0.2, 0.25) is 0 Å². The summed E-state index contributed by atoms with van der Waals surface area (Å²) in [5.74, 6) is 0. The van der Waals surface area contributed by atoms with Crippen molar-refractivity contribution in [1.82, 2.24) is 4.98 Å². The van der Waals surface area contributed by atoms with Crippen LogP contribution >= 0.6 is 27.3 Å². The maximum absolute atomic E-state index is 12.4. The SMILES string of the molecule is Nc1ccc2nc(NS(=O)(=O)c3ccccc3Br)sc2c1. The molecule has 1 aromatic heterocycles. The average molecular weight is 384 g/mol. The van der Waals surface area contributed by atoms with Crippen molar-refractivity contribution in [1.29, 1.82) is 0 Å². The van der Waals surface area contributed by atoms with Crippen LogP contribution in [0.3, 0.4) is 0 Å². The Kier molecular flexibility index (Phi) is 3.60. The van der Waals surface area contributed by atoms with E-state index in [2.05, 4.69) is 25.6 Å². The van der Waals surface area contributed by atoms with Crippen molar-refractivity contribution in [3.8, 4) is 0 Å². The van der Waals surface area contributed by atoms with Crippen LogP contribution < -0.4 is 10.5 Å². The zero-order chi connectivity index (χ0) is 15.0. The topological polar surface area (TPSA) is 85.1 Å². The van der Waals surface area contributed by atoms with E-state index < -0.39 is 10.0 Å². The third kappa shape index (κ3) is 2.87. The van der Waals surface area contributed by atoms with Crippen molar-refractivity contribution < 1.29 is 8.42 Å². The molecule has 0 aliphatic heterocycles. The van der Waals surface area contributed by atoms with Gasteiger partial charge in [-0.2, -0.15) is 0 Å². The predicted octanol–water partition coefficient (Wildman–Crippen LogP) is 3.44. The zero-order valence-corrected chi connectivity index (χ0v) is 13.8. The number of nitrogens with zero attached hydrogens (tertiary/aromatic N) is 1. The lowest BCUT2D eigenvalue weighted by molar-refractivity contribution is 0.600. The zero-order valence-electron chi connectivity index (χ0n) is 10.6. The van der Waals surface area contributed by atoms with Crippen LogP contribution in [-0.4, -0.2) is 13.4 Å². The maximum atomic E-state index is 12.4. The molecule has 0 saturated carbocycles. The van der Waals surface area contributed by atoms with Gasteiger partial charge in [0.25, 0.3) is 10.0 Å². The van der Waals surface area contributed by atoms with Gasteiger partial charge in [-0.1, -0.05) is 23.5 Å². The van der Waals surface area contributed by atoms with E-state index in [1.165, 1.54) is 17.4 Å². The first-order chi connectivity index (χ1) is 9.95. The van der Waals surface area contributed by atoms with E-state index in [1.807, 2.05) is 0 Å². The van der Waals surface area contributed by atoms with E-state index in [1.54, 1.807) is 36.4 Å². The highest BCUT2D eigenvalue weighted by atomic mass is 79.9. The second kappa shape index (κ2) is 5.28. The Morgan fingerprint density at radius 1 is 1.19 bits per heavy atom. The molecular formula is C13H10BrN3O2S2. The fraction of sp³-hybridized carbons (Fsp3) is 0. The molecule has 3 rings (SSSR count). The molecule has 0 spiro atoms. The Morgan fingerprint density at radius 2 is 1.95 bits per heavy atom. The molecule has 8 heteroatoms. The van der Waals surface area contributed by atoms with Crippen molar-refractivity contribution in [2.45, 2.75) is 4.90 Å². The maximum Gasteiger partial charge on any atom is 0.264 e. The molecule has 3 aromatic rings. The van der Waals surface area contributed by atoms with Gasteiger partial charge in [-0.05, 0) is 46.3 Å². The van der Waals surface area contributed by atoms with Crippen LogP contribution in [-0.2, 0) is 10.0 Å². The normalized spacial score (nSPS) is 11.7. The fourth-order valence-corrected chi connectivity index (χ4v) is 4.97. The summed E-state index contributed by atoms with van der Waals surface area (Å²) in [6, 6.07) is 11.9. The van der Waals surface area contributed by atoms with Gasteiger partial charge in [0.15, 0.2) is 5.13 Å². The van der Waals surface area contributed by atoms with Gasteiger partial charge in [0, 0.05) is 10.2 Å². The van der Waals surface area contributed by atoms with Crippen molar-refractivity contribution in [2.24, 2.45) is 0 Å². The molecule has 2 aromatic carbocycles. The number of aromatic nitrogens is 1. The molecule has 0 atom stereocenters. The second-order valence-corrected chi connectivity index (χ2v) is 7.82. The first-order valence-corrected chi connectivity index (χ1v) is 8.98. The largest absolute Gasteiger partial charge is 0.399 e. The number of nitrogens with one attached hydrogen (secondary N) is 1. The van der Waals surface area contributed by atoms with Gasteiger partial charge in [-0.3, -0.25) is 4.72 Å². The van der Waals surface area contributed by atoms with Gasteiger partial charge >= 0.3 is 0 Å². The van der Waals surface area contributed by atoms with Crippen LogP contribution in [0.25, 0.3) is 10.2 Å². The average Bonchev–Trinajstić information content (AvgIpc) is 2.79. The van der Waals surface area contributed by atoms with Crippen LogP contribution in [0, 0.1) is 0 Å². The molecule has 0 amide bonds. The molecule has 0 radical (unpaired) electrons. The molecule has 0 bridgehead atoms. The van der Waals surface area contributed by atoms with Crippen molar-refractivity contribution in [3.05, 3.63) is 46.9 Å². The van der Waals surface area contributed by atoms with Crippen LogP contribution in [0.5, 0.6) is 0 Å². The third-order valence-electron chi connectivity index (χ3n) is 2.76. The Hall–Kier alpha value is -1.64. The van der Waals surface area contributed by atoms with Gasteiger partial charge in [0.05, 0.1) is 10.2 Å². The Balaban J connectivity index is 1.99. The van der Waals surface area contributed by atoms with Gasteiger partial charge in [-0.15, -0.1) is 0 Å². The van der Waals surface area contributed by atoms with Crippen LogP contribution in [0.4, 0.5) is 10.8 Å². The number of hydrogen-bond donors (Lipinski definition) is 2. The number of anilines is 2. The molecule has 0 saturated heterocycles. The minimum Gasteiger partial charge on any atom is -0.399 e. The summed E-state index contributed by atoms with van der Waals surface area (Å²) in [7, 11) is -3.68. The molecule has 21 heavy (non-hydrogen) atoms. The summed E-state index contributed by atoms with van der Waals surface area (Å²) in [6.45, 7) is 0. The van der Waals surface area contributed by atoms with E-state index in [9.17, 15) is 8.42 Å². The molecule has 1 heterocycles. The Labute approximate surface area is 134 Å². The lowest BCUT2D eigenvalue weighted by atomic mass is 10.3. The minimum atomic E-state index is -3.68. The summed E-state index contributed by atoms with van der Waals surface area (Å²) in [5.41, 5.74) is 7.03. The number of rotatable bonds is 3. The molecule has 0 fully saturated rings. The quantitative estimate of drug-likeness (QED) is 0.678. The number of benzene rings is 2. The summed E-state index contributed by atoms with van der Waals surface area (Å²) in [6.07, 6.45) is 0. The third-order valence-corrected chi connectivity index (χ3v) is 6.17. The first kappa shape index (κ1) is 14.3. The lowest BCUT2D eigenvalue weighted by Crippen LogP contribution is -2.13. The van der Waals surface area contributed by atoms with E-state index >= 15 is 0 Å². The van der Waals surface area contributed by atoms with Gasteiger partial charge in [0.1, 0.15) is 4.90 Å². The Morgan fingerprint density at radius 3 is 2.71 bits per heavy atom. The highest BCUT2D eigenvalue weighted by Gasteiger charge is 2.19. The second-order valence-electron chi connectivity index (χ2n) is 4.28. The summed E-state index contributed by atoms with van der Waals surface area (Å²) in [5, 5.41) is 0.311. The van der Waals surface area contributed by atoms with E-state index in [-0.39, 0.29) is 4.90 Å². The van der Waals surface area contributed by atoms with Crippen molar-refractivity contribution in [3.63, 3.8) is 0 Å². The summed E-state index contributed by atoms with van der Waals surface area (Å²) < 4.78 is 28.6. The number of thiazole rings is 1. The van der Waals surface area contributed by atoms with Crippen LogP contribution in [0.1, 0.15) is 0 Å². The molecule has 3 N–H and O–H groups in total. The number of hydrogen-bond acceptors (Lipinski definition) is 5. The van der Waals surface area contributed by atoms with Crippen LogP contribution in [0.15, 0.2) is 51.8 Å². The molecule has 108 valence electrons. The number of halogens is 1. The van der Waals surface area contributed by atoms with Crippen molar-refractivity contribution in [2.75, 3.05) is 10.5 Å². The summed E-state index contributed by atoms with van der Waals surface area (Å²) >= 11 is 4.48. The summed E-state index contributed by atoms with van der Waals surface area (Å²) in [4.78, 5) is 4.42. The minimum absolute atomic E-state index is 0.170. The number of nitrogens with two attached hydrogens (primary N) is 1. The Bertz CT molecular complexity index is 922. The highest BCUT2D eigenvalue weighted by molar-refractivity contribution is 9.10. The van der Waals surface area contributed by atoms with E-state index in [0.717, 1.165) is 4.70 Å². The standard InChI is InChI=1S/C13H10BrN3O2S2/c14-9-3-1-2-4-12(9)21(18,19)17-13-16-10-6-5-8(15)7-11(10)20-13/h1-7H,15H2,(H,16,17). The highest BCUT2D eigenvalue weighted by Crippen LogP contribution is 2.30. The molecule has 0 aliphatic rings. The van der Waals surface area contributed by atoms with E-state index in [4.69, 9.17) is 5.73 Å². The number of fused-ring (bicyclic) bond motifs is 1. The molecule has 5 nitrogen and oxygen atoms in total. The number of nitrogen functional groups attached to an aromatic ring is 1. The van der Waals surface area contributed by atoms with Crippen LogP contribution in [0.2, 0.25) is 0 Å². The van der Waals surface area contributed by atoms with Gasteiger partial charge in [-0.25, -0.2) is 13.4 Å². The monoisotopic (exact) mass is 383 g/mol. The van der Waals surface area contributed by atoms with Crippen molar-refractivity contribution >= 4 is 58.3 Å². The molecule has 0 aliphatic carbocycles.